The average molecular weight is 518 g/mol. The zero-order valence-electron chi connectivity index (χ0n) is 21.7. The first-order chi connectivity index (χ1) is 19.2. The topological polar surface area (TPSA) is 3.24 Å². The number of nitrogens with zero attached hydrogens (tertiary/aromatic N) is 1. The SMILES string of the molecule is Cc1ccc(-c2ccccc2N(c2cccc(-c3ccccc3)c2)c2ccc3sc4ccccc4c3c2)cc1. The fourth-order valence-electron chi connectivity index (χ4n) is 5.38. The molecule has 2 heteroatoms. The highest BCUT2D eigenvalue weighted by Crippen LogP contribution is 2.44. The van der Waals surface area contributed by atoms with Crippen LogP contribution in [0.15, 0.2) is 146 Å². The van der Waals surface area contributed by atoms with Crippen LogP contribution < -0.4 is 4.90 Å². The zero-order valence-corrected chi connectivity index (χ0v) is 22.5. The molecule has 39 heavy (non-hydrogen) atoms. The Hall–Kier alpha value is -4.66. The van der Waals surface area contributed by atoms with E-state index in [0.717, 1.165) is 17.1 Å². The van der Waals surface area contributed by atoms with Crippen molar-refractivity contribution in [2.45, 2.75) is 6.92 Å². The van der Waals surface area contributed by atoms with E-state index in [4.69, 9.17) is 0 Å². The molecule has 1 heterocycles. The Balaban J connectivity index is 1.47. The van der Waals surface area contributed by atoms with Gasteiger partial charge in [0.15, 0.2) is 0 Å². The van der Waals surface area contributed by atoms with Gasteiger partial charge in [-0.05, 0) is 66.1 Å². The van der Waals surface area contributed by atoms with Crippen LogP contribution >= 0.6 is 11.3 Å². The van der Waals surface area contributed by atoms with Gasteiger partial charge in [-0.1, -0.05) is 109 Å². The largest absolute Gasteiger partial charge is 0.310 e. The Kier molecular flexibility index (Phi) is 5.96. The summed E-state index contributed by atoms with van der Waals surface area (Å²) < 4.78 is 2.63. The molecule has 0 fully saturated rings. The quantitative estimate of drug-likeness (QED) is 0.219. The molecule has 0 saturated carbocycles. The van der Waals surface area contributed by atoms with Gasteiger partial charge in [-0.15, -0.1) is 11.3 Å². The van der Waals surface area contributed by atoms with Crippen molar-refractivity contribution < 1.29 is 0 Å². The van der Waals surface area contributed by atoms with E-state index in [9.17, 15) is 0 Å². The first-order valence-electron chi connectivity index (χ1n) is 13.3. The second kappa shape index (κ2) is 9.90. The fourth-order valence-corrected chi connectivity index (χ4v) is 6.47. The third-order valence-corrected chi connectivity index (χ3v) is 8.49. The molecule has 6 aromatic carbocycles. The van der Waals surface area contributed by atoms with Crippen molar-refractivity contribution in [2.75, 3.05) is 4.90 Å². The van der Waals surface area contributed by atoms with Gasteiger partial charge in [-0.3, -0.25) is 0 Å². The number of fused-ring (bicyclic) bond motifs is 3. The van der Waals surface area contributed by atoms with Gasteiger partial charge in [-0.2, -0.15) is 0 Å². The molecule has 0 atom stereocenters. The molecule has 0 radical (unpaired) electrons. The maximum atomic E-state index is 2.41. The summed E-state index contributed by atoms with van der Waals surface area (Å²) in [5, 5.41) is 2.61. The van der Waals surface area contributed by atoms with Crippen LogP contribution in [-0.4, -0.2) is 0 Å². The van der Waals surface area contributed by atoms with E-state index in [1.807, 2.05) is 11.3 Å². The third-order valence-electron chi connectivity index (χ3n) is 7.34. The lowest BCUT2D eigenvalue weighted by Crippen LogP contribution is -2.11. The summed E-state index contributed by atoms with van der Waals surface area (Å²) >= 11 is 1.86. The summed E-state index contributed by atoms with van der Waals surface area (Å²) in [4.78, 5) is 2.41. The van der Waals surface area contributed by atoms with E-state index in [1.165, 1.54) is 48.0 Å². The molecule has 0 bridgehead atoms. The number of hydrogen-bond donors (Lipinski definition) is 0. The fraction of sp³-hybridized carbons (Fsp3) is 0.0270. The molecule has 0 aliphatic heterocycles. The Morgan fingerprint density at radius 1 is 0.462 bits per heavy atom. The van der Waals surface area contributed by atoms with Crippen LogP contribution in [-0.2, 0) is 0 Å². The van der Waals surface area contributed by atoms with Crippen molar-refractivity contribution in [3.05, 3.63) is 151 Å². The molecular weight excluding hydrogens is 490 g/mol. The molecule has 0 aliphatic carbocycles. The van der Waals surface area contributed by atoms with Crippen molar-refractivity contribution >= 4 is 48.6 Å². The predicted molar refractivity (Wildman–Crippen MR) is 170 cm³/mol. The minimum absolute atomic E-state index is 1.13. The number of thiophene rings is 1. The zero-order chi connectivity index (χ0) is 26.2. The van der Waals surface area contributed by atoms with E-state index in [0.29, 0.717) is 0 Å². The second-order valence-corrected chi connectivity index (χ2v) is 11.0. The second-order valence-electron chi connectivity index (χ2n) is 9.91. The van der Waals surface area contributed by atoms with Crippen LogP contribution in [0.25, 0.3) is 42.4 Å². The molecule has 0 N–H and O–H groups in total. The summed E-state index contributed by atoms with van der Waals surface area (Å²) in [5.74, 6) is 0. The molecule has 0 spiro atoms. The number of rotatable bonds is 5. The summed E-state index contributed by atoms with van der Waals surface area (Å²) in [6.45, 7) is 2.14. The monoisotopic (exact) mass is 517 g/mol. The van der Waals surface area contributed by atoms with Gasteiger partial charge < -0.3 is 4.90 Å². The highest BCUT2D eigenvalue weighted by atomic mass is 32.1. The van der Waals surface area contributed by atoms with Crippen LogP contribution in [0.5, 0.6) is 0 Å². The number of aryl methyl sites for hydroxylation is 1. The van der Waals surface area contributed by atoms with Crippen LogP contribution in [0.4, 0.5) is 17.1 Å². The number of anilines is 3. The van der Waals surface area contributed by atoms with Gasteiger partial charge in [0, 0.05) is 37.1 Å². The predicted octanol–water partition coefficient (Wildman–Crippen LogP) is 11.2. The van der Waals surface area contributed by atoms with E-state index in [-0.39, 0.29) is 0 Å². The Morgan fingerprint density at radius 2 is 1.15 bits per heavy atom. The van der Waals surface area contributed by atoms with E-state index in [1.54, 1.807) is 0 Å². The van der Waals surface area contributed by atoms with Crippen molar-refractivity contribution in [1.29, 1.82) is 0 Å². The normalized spacial score (nSPS) is 11.2. The first kappa shape index (κ1) is 23.5. The van der Waals surface area contributed by atoms with Crippen LogP contribution in [0.3, 0.4) is 0 Å². The van der Waals surface area contributed by atoms with Gasteiger partial charge in [0.1, 0.15) is 0 Å². The molecule has 7 aromatic rings. The molecule has 7 rings (SSSR count). The van der Waals surface area contributed by atoms with Gasteiger partial charge in [0.25, 0.3) is 0 Å². The maximum Gasteiger partial charge on any atom is 0.0540 e. The smallest absolute Gasteiger partial charge is 0.0540 e. The van der Waals surface area contributed by atoms with E-state index in [2.05, 4.69) is 157 Å². The van der Waals surface area contributed by atoms with Crippen molar-refractivity contribution in [1.82, 2.24) is 0 Å². The molecular formula is C37H27NS. The highest BCUT2D eigenvalue weighted by molar-refractivity contribution is 7.25. The summed E-state index contributed by atoms with van der Waals surface area (Å²) in [5.41, 5.74) is 9.54. The van der Waals surface area contributed by atoms with Gasteiger partial charge in [0.05, 0.1) is 5.69 Å². The number of para-hydroxylation sites is 1. The Morgan fingerprint density at radius 3 is 2.03 bits per heavy atom. The molecule has 0 saturated heterocycles. The molecule has 0 amide bonds. The van der Waals surface area contributed by atoms with Crippen LogP contribution in [0, 0.1) is 6.92 Å². The van der Waals surface area contributed by atoms with Crippen molar-refractivity contribution in [2.24, 2.45) is 0 Å². The third kappa shape index (κ3) is 4.39. The van der Waals surface area contributed by atoms with E-state index < -0.39 is 0 Å². The molecule has 1 aromatic heterocycles. The number of benzene rings is 6. The summed E-state index contributed by atoms with van der Waals surface area (Å²) in [6.07, 6.45) is 0. The lowest BCUT2D eigenvalue weighted by atomic mass is 9.99. The number of hydrogen-bond acceptors (Lipinski definition) is 2. The molecule has 0 unspecified atom stereocenters. The average Bonchev–Trinajstić information content (AvgIpc) is 3.37. The first-order valence-corrected chi connectivity index (χ1v) is 14.1. The van der Waals surface area contributed by atoms with Crippen LogP contribution in [0.2, 0.25) is 0 Å². The lowest BCUT2D eigenvalue weighted by molar-refractivity contribution is 1.29. The molecule has 0 aliphatic rings. The Bertz CT molecular complexity index is 1920. The standard InChI is InChI=1S/C37H27NS/c1-26-18-20-28(21-19-26)32-14-5-7-16-35(32)38(30-13-9-12-29(24-30)27-10-3-2-4-11-27)31-22-23-37-34(25-31)33-15-6-8-17-36(33)39-37/h2-25H,1H3. The van der Waals surface area contributed by atoms with Crippen molar-refractivity contribution in [3.63, 3.8) is 0 Å². The van der Waals surface area contributed by atoms with Gasteiger partial charge in [-0.25, -0.2) is 0 Å². The Labute approximate surface area is 233 Å². The van der Waals surface area contributed by atoms with Crippen molar-refractivity contribution in [3.8, 4) is 22.3 Å². The van der Waals surface area contributed by atoms with Gasteiger partial charge in [0.2, 0.25) is 0 Å². The maximum absolute atomic E-state index is 2.41. The summed E-state index contributed by atoms with van der Waals surface area (Å²) in [7, 11) is 0. The lowest BCUT2D eigenvalue weighted by Gasteiger charge is -2.28. The molecule has 1 nitrogen and oxygen atoms in total. The minimum Gasteiger partial charge on any atom is -0.310 e. The minimum atomic E-state index is 1.13. The van der Waals surface area contributed by atoms with E-state index >= 15 is 0 Å². The molecule has 186 valence electrons. The highest BCUT2D eigenvalue weighted by Gasteiger charge is 2.19. The van der Waals surface area contributed by atoms with Gasteiger partial charge >= 0.3 is 0 Å². The summed E-state index contributed by atoms with van der Waals surface area (Å²) in [6, 6.07) is 52.7. The van der Waals surface area contributed by atoms with Crippen LogP contribution in [0.1, 0.15) is 5.56 Å².